The fraction of sp³-hybridized carbons (Fsp3) is 0.889. The number of nitrogens with zero attached hydrogens (tertiary/aromatic N) is 1. The summed E-state index contributed by atoms with van der Waals surface area (Å²) in [4.78, 5) is 16.5. The minimum atomic E-state index is -0.135. The van der Waals surface area contributed by atoms with Crippen molar-refractivity contribution in [3.63, 3.8) is 0 Å². The lowest BCUT2D eigenvalue weighted by molar-refractivity contribution is -0.209. The first kappa shape index (κ1) is 10.5. The van der Waals surface area contributed by atoms with E-state index in [9.17, 15) is 4.79 Å². The van der Waals surface area contributed by atoms with E-state index in [-0.39, 0.29) is 11.9 Å². The maximum atomic E-state index is 11.3. The summed E-state index contributed by atoms with van der Waals surface area (Å²) in [6, 6.07) is 0. The maximum absolute atomic E-state index is 11.3. The molecule has 76 valence electrons. The Labute approximate surface area is 78.8 Å². The number of rotatable bonds is 3. The molecule has 4 heteroatoms. The highest BCUT2D eigenvalue weighted by atomic mass is 16.7. The van der Waals surface area contributed by atoms with E-state index in [2.05, 4.69) is 0 Å². The van der Waals surface area contributed by atoms with E-state index in [1.54, 1.807) is 5.06 Å². The minimum Gasteiger partial charge on any atom is -0.379 e. The third-order valence-corrected chi connectivity index (χ3v) is 2.20. The second-order valence-corrected chi connectivity index (χ2v) is 3.26. The second kappa shape index (κ2) is 5.19. The molecule has 0 amide bonds. The molecule has 13 heavy (non-hydrogen) atoms. The molecule has 4 nitrogen and oxygen atoms in total. The van der Waals surface area contributed by atoms with E-state index in [0.717, 1.165) is 6.42 Å². The van der Waals surface area contributed by atoms with Crippen molar-refractivity contribution in [3.05, 3.63) is 0 Å². The SMILES string of the molecule is CCC(C)C(=O)ON1CCOCC1. The molecular weight excluding hydrogens is 170 g/mol. The Morgan fingerprint density at radius 2 is 2.15 bits per heavy atom. The van der Waals surface area contributed by atoms with Gasteiger partial charge in [0.05, 0.1) is 32.2 Å². The van der Waals surface area contributed by atoms with E-state index in [4.69, 9.17) is 9.57 Å². The van der Waals surface area contributed by atoms with Gasteiger partial charge in [0.15, 0.2) is 0 Å². The van der Waals surface area contributed by atoms with Crippen LogP contribution in [0.5, 0.6) is 0 Å². The first-order valence-corrected chi connectivity index (χ1v) is 4.78. The lowest BCUT2D eigenvalue weighted by Crippen LogP contribution is -2.39. The standard InChI is InChI=1S/C9H17NO3/c1-3-8(2)9(11)13-10-4-6-12-7-5-10/h8H,3-7H2,1-2H3. The average Bonchev–Trinajstić information content (AvgIpc) is 2.18. The number of morpholine rings is 1. The molecule has 0 aromatic heterocycles. The number of ether oxygens (including phenoxy) is 1. The number of hydroxylamine groups is 2. The Balaban J connectivity index is 2.26. The second-order valence-electron chi connectivity index (χ2n) is 3.26. The van der Waals surface area contributed by atoms with Crippen LogP contribution in [0.25, 0.3) is 0 Å². The van der Waals surface area contributed by atoms with Crippen LogP contribution in [-0.2, 0) is 14.4 Å². The van der Waals surface area contributed by atoms with Crippen LogP contribution in [0.1, 0.15) is 20.3 Å². The Morgan fingerprint density at radius 1 is 1.54 bits per heavy atom. The van der Waals surface area contributed by atoms with Crippen LogP contribution in [0, 0.1) is 5.92 Å². The molecule has 1 fully saturated rings. The summed E-state index contributed by atoms with van der Waals surface area (Å²) in [5, 5.41) is 1.68. The third kappa shape index (κ3) is 3.32. The van der Waals surface area contributed by atoms with Crippen LogP contribution in [-0.4, -0.2) is 37.3 Å². The van der Waals surface area contributed by atoms with Crippen molar-refractivity contribution in [2.75, 3.05) is 26.3 Å². The van der Waals surface area contributed by atoms with Gasteiger partial charge < -0.3 is 9.57 Å². The normalized spacial score (nSPS) is 21.1. The van der Waals surface area contributed by atoms with Crippen molar-refractivity contribution >= 4 is 5.97 Å². The van der Waals surface area contributed by atoms with Crippen molar-refractivity contribution in [1.29, 1.82) is 0 Å². The van der Waals surface area contributed by atoms with E-state index in [1.165, 1.54) is 0 Å². The molecule has 0 spiro atoms. The van der Waals surface area contributed by atoms with Gasteiger partial charge in [0.25, 0.3) is 0 Å². The number of hydrogen-bond acceptors (Lipinski definition) is 4. The van der Waals surface area contributed by atoms with Gasteiger partial charge in [-0.05, 0) is 6.42 Å². The Morgan fingerprint density at radius 3 is 2.69 bits per heavy atom. The fourth-order valence-corrected chi connectivity index (χ4v) is 1.02. The van der Waals surface area contributed by atoms with Crippen LogP contribution in [0.2, 0.25) is 0 Å². The van der Waals surface area contributed by atoms with Crippen LogP contribution < -0.4 is 0 Å². The molecule has 1 atom stereocenters. The molecule has 0 aliphatic carbocycles. The molecule has 0 radical (unpaired) electrons. The molecule has 1 rings (SSSR count). The zero-order valence-corrected chi connectivity index (χ0v) is 8.28. The summed E-state index contributed by atoms with van der Waals surface area (Å²) in [7, 11) is 0. The molecule has 0 bridgehead atoms. The number of carbonyl (C=O) groups excluding carboxylic acids is 1. The van der Waals surface area contributed by atoms with Crippen molar-refractivity contribution in [3.8, 4) is 0 Å². The highest BCUT2D eigenvalue weighted by molar-refractivity contribution is 5.71. The van der Waals surface area contributed by atoms with Crippen LogP contribution in [0.4, 0.5) is 0 Å². The molecule has 1 aliphatic heterocycles. The average molecular weight is 187 g/mol. The largest absolute Gasteiger partial charge is 0.379 e. The van der Waals surface area contributed by atoms with Gasteiger partial charge in [-0.25, -0.2) is 0 Å². The minimum absolute atomic E-state index is 0.0113. The fourth-order valence-electron chi connectivity index (χ4n) is 1.02. The smallest absolute Gasteiger partial charge is 0.327 e. The molecular formula is C9H17NO3. The van der Waals surface area contributed by atoms with Crippen LogP contribution in [0.15, 0.2) is 0 Å². The maximum Gasteiger partial charge on any atom is 0.327 e. The van der Waals surface area contributed by atoms with Crippen LogP contribution in [0.3, 0.4) is 0 Å². The number of carbonyl (C=O) groups is 1. The van der Waals surface area contributed by atoms with Gasteiger partial charge in [0, 0.05) is 0 Å². The van der Waals surface area contributed by atoms with Gasteiger partial charge in [0.1, 0.15) is 0 Å². The Kier molecular flexibility index (Phi) is 4.18. The lowest BCUT2D eigenvalue weighted by atomic mass is 10.1. The first-order chi connectivity index (χ1) is 6.24. The summed E-state index contributed by atoms with van der Waals surface area (Å²) in [5.74, 6) is -0.146. The van der Waals surface area contributed by atoms with Crippen molar-refractivity contribution in [2.45, 2.75) is 20.3 Å². The van der Waals surface area contributed by atoms with Crippen molar-refractivity contribution in [2.24, 2.45) is 5.92 Å². The highest BCUT2D eigenvalue weighted by Gasteiger charge is 2.18. The van der Waals surface area contributed by atoms with Gasteiger partial charge in [-0.1, -0.05) is 13.8 Å². The molecule has 0 saturated carbocycles. The molecule has 1 heterocycles. The Hall–Kier alpha value is -0.610. The van der Waals surface area contributed by atoms with Gasteiger partial charge in [-0.3, -0.25) is 4.79 Å². The molecule has 1 saturated heterocycles. The van der Waals surface area contributed by atoms with Crippen LogP contribution >= 0.6 is 0 Å². The van der Waals surface area contributed by atoms with Crippen molar-refractivity contribution < 1.29 is 14.4 Å². The van der Waals surface area contributed by atoms with Gasteiger partial charge >= 0.3 is 5.97 Å². The third-order valence-electron chi connectivity index (χ3n) is 2.20. The lowest BCUT2D eigenvalue weighted by Gasteiger charge is -2.25. The van der Waals surface area contributed by atoms with Gasteiger partial charge in [-0.2, -0.15) is 0 Å². The van der Waals surface area contributed by atoms with Gasteiger partial charge in [-0.15, -0.1) is 5.06 Å². The van der Waals surface area contributed by atoms with E-state index >= 15 is 0 Å². The summed E-state index contributed by atoms with van der Waals surface area (Å²) in [5.41, 5.74) is 0. The molecule has 0 aromatic rings. The molecule has 0 N–H and O–H groups in total. The predicted molar refractivity (Wildman–Crippen MR) is 47.9 cm³/mol. The monoisotopic (exact) mass is 187 g/mol. The molecule has 0 aromatic carbocycles. The predicted octanol–water partition coefficient (Wildman–Crippen LogP) is 0.823. The number of hydrogen-bond donors (Lipinski definition) is 0. The van der Waals surface area contributed by atoms with Crippen molar-refractivity contribution in [1.82, 2.24) is 5.06 Å². The van der Waals surface area contributed by atoms with E-state index in [0.29, 0.717) is 26.3 Å². The summed E-state index contributed by atoms with van der Waals surface area (Å²) in [6.45, 7) is 6.51. The first-order valence-electron chi connectivity index (χ1n) is 4.78. The van der Waals surface area contributed by atoms with E-state index < -0.39 is 0 Å². The topological polar surface area (TPSA) is 38.8 Å². The highest BCUT2D eigenvalue weighted by Crippen LogP contribution is 2.06. The quantitative estimate of drug-likeness (QED) is 0.655. The van der Waals surface area contributed by atoms with E-state index in [1.807, 2.05) is 13.8 Å². The molecule has 1 unspecified atom stereocenters. The van der Waals surface area contributed by atoms with Gasteiger partial charge in [0.2, 0.25) is 0 Å². The summed E-state index contributed by atoms with van der Waals surface area (Å²) < 4.78 is 5.14. The molecule has 1 aliphatic rings. The Bertz CT molecular complexity index is 166. The summed E-state index contributed by atoms with van der Waals surface area (Å²) in [6.07, 6.45) is 0.823. The zero-order chi connectivity index (χ0) is 9.68. The summed E-state index contributed by atoms with van der Waals surface area (Å²) >= 11 is 0. The zero-order valence-electron chi connectivity index (χ0n) is 8.28.